The van der Waals surface area contributed by atoms with Gasteiger partial charge >= 0.3 is 5.97 Å². The molecule has 1 amide bonds. The summed E-state index contributed by atoms with van der Waals surface area (Å²) in [6.07, 6.45) is 0. The summed E-state index contributed by atoms with van der Waals surface area (Å²) >= 11 is 0. The molecule has 1 aromatic rings. The molecule has 0 aromatic heterocycles. The van der Waals surface area contributed by atoms with Crippen molar-refractivity contribution in [2.24, 2.45) is 5.41 Å². The van der Waals surface area contributed by atoms with E-state index in [-0.39, 0.29) is 5.91 Å². The number of amides is 1. The SMILES string of the molecule is CN(C)Cc1ccc(C(=O)NC(C(=O)O)C(C)(C)C)cc1. The minimum Gasteiger partial charge on any atom is -0.480 e. The third-order valence-corrected chi connectivity index (χ3v) is 3.10. The van der Waals surface area contributed by atoms with Gasteiger partial charge < -0.3 is 15.3 Å². The van der Waals surface area contributed by atoms with E-state index in [0.29, 0.717) is 5.56 Å². The van der Waals surface area contributed by atoms with Crippen molar-refractivity contribution >= 4 is 11.9 Å². The van der Waals surface area contributed by atoms with Gasteiger partial charge in [0.2, 0.25) is 0 Å². The molecule has 1 atom stereocenters. The summed E-state index contributed by atoms with van der Waals surface area (Å²) in [4.78, 5) is 25.5. The van der Waals surface area contributed by atoms with Gasteiger partial charge in [0.15, 0.2) is 0 Å². The van der Waals surface area contributed by atoms with Gasteiger partial charge in [-0.05, 0) is 37.2 Å². The summed E-state index contributed by atoms with van der Waals surface area (Å²) in [5, 5.41) is 11.8. The predicted molar refractivity (Wildman–Crippen MR) is 82.2 cm³/mol. The Kier molecular flexibility index (Phi) is 5.49. The normalized spacial score (nSPS) is 13.0. The lowest BCUT2D eigenvalue weighted by atomic mass is 9.86. The van der Waals surface area contributed by atoms with Crippen molar-refractivity contribution in [3.8, 4) is 0 Å². The van der Waals surface area contributed by atoms with Crippen LogP contribution in [0.25, 0.3) is 0 Å². The fourth-order valence-electron chi connectivity index (χ4n) is 1.99. The van der Waals surface area contributed by atoms with Crippen LogP contribution in [0.2, 0.25) is 0 Å². The Labute approximate surface area is 126 Å². The van der Waals surface area contributed by atoms with Crippen molar-refractivity contribution in [2.75, 3.05) is 14.1 Å². The molecule has 0 aliphatic heterocycles. The molecule has 21 heavy (non-hydrogen) atoms. The molecule has 2 N–H and O–H groups in total. The first-order valence-corrected chi connectivity index (χ1v) is 6.88. The molecule has 5 heteroatoms. The van der Waals surface area contributed by atoms with E-state index in [0.717, 1.165) is 12.1 Å². The van der Waals surface area contributed by atoms with Gasteiger partial charge in [-0.25, -0.2) is 4.79 Å². The second-order valence-corrected chi connectivity index (χ2v) is 6.55. The predicted octanol–water partition coefficient (Wildman–Crippen LogP) is 1.98. The van der Waals surface area contributed by atoms with Crippen LogP contribution in [0, 0.1) is 5.41 Å². The summed E-state index contributed by atoms with van der Waals surface area (Å²) < 4.78 is 0. The van der Waals surface area contributed by atoms with Crippen LogP contribution in [0.15, 0.2) is 24.3 Å². The maximum Gasteiger partial charge on any atom is 0.326 e. The van der Waals surface area contributed by atoms with Gasteiger partial charge in [0.05, 0.1) is 0 Å². The van der Waals surface area contributed by atoms with E-state index in [1.807, 2.05) is 31.1 Å². The zero-order valence-corrected chi connectivity index (χ0v) is 13.3. The monoisotopic (exact) mass is 292 g/mol. The molecule has 5 nitrogen and oxygen atoms in total. The maximum atomic E-state index is 12.2. The molecule has 116 valence electrons. The van der Waals surface area contributed by atoms with Crippen LogP contribution in [-0.4, -0.2) is 42.0 Å². The van der Waals surface area contributed by atoms with E-state index in [1.54, 1.807) is 32.9 Å². The first-order valence-electron chi connectivity index (χ1n) is 6.88. The Balaban J connectivity index is 2.81. The first-order chi connectivity index (χ1) is 9.61. The van der Waals surface area contributed by atoms with Crippen LogP contribution in [0.4, 0.5) is 0 Å². The Hall–Kier alpha value is -1.88. The minimum absolute atomic E-state index is 0.367. The Morgan fingerprint density at radius 2 is 1.71 bits per heavy atom. The molecule has 0 saturated carbocycles. The van der Waals surface area contributed by atoms with Gasteiger partial charge in [0.1, 0.15) is 6.04 Å². The second-order valence-electron chi connectivity index (χ2n) is 6.55. The van der Waals surface area contributed by atoms with E-state index in [4.69, 9.17) is 0 Å². The molecule has 1 aromatic carbocycles. The van der Waals surface area contributed by atoms with Crippen LogP contribution in [0.3, 0.4) is 0 Å². The van der Waals surface area contributed by atoms with Crippen molar-refractivity contribution in [2.45, 2.75) is 33.4 Å². The topological polar surface area (TPSA) is 69.6 Å². The molecular formula is C16H24N2O3. The van der Waals surface area contributed by atoms with Gasteiger partial charge in [-0.3, -0.25) is 4.79 Å². The van der Waals surface area contributed by atoms with Gasteiger partial charge in [-0.2, -0.15) is 0 Å². The fraction of sp³-hybridized carbons (Fsp3) is 0.500. The Morgan fingerprint density at radius 1 is 1.19 bits per heavy atom. The third-order valence-electron chi connectivity index (χ3n) is 3.10. The standard InChI is InChI=1S/C16H24N2O3/c1-16(2,3)13(15(20)21)17-14(19)12-8-6-11(7-9-12)10-18(4)5/h6-9,13H,10H2,1-5H3,(H,17,19)(H,20,21). The molecule has 0 bridgehead atoms. The number of rotatable bonds is 5. The van der Waals surface area contributed by atoms with Crippen LogP contribution in [-0.2, 0) is 11.3 Å². The number of carboxylic acid groups (broad SMARTS) is 1. The lowest BCUT2D eigenvalue weighted by Gasteiger charge is -2.27. The molecule has 0 aliphatic rings. The number of hydrogen-bond donors (Lipinski definition) is 2. The number of carbonyl (C=O) groups excluding carboxylic acids is 1. The quantitative estimate of drug-likeness (QED) is 0.870. The molecule has 0 spiro atoms. The van der Waals surface area contributed by atoms with E-state index >= 15 is 0 Å². The maximum absolute atomic E-state index is 12.2. The van der Waals surface area contributed by atoms with Crippen molar-refractivity contribution in [1.29, 1.82) is 0 Å². The molecule has 1 rings (SSSR count). The highest BCUT2D eigenvalue weighted by Gasteiger charge is 2.32. The van der Waals surface area contributed by atoms with Crippen molar-refractivity contribution in [3.63, 3.8) is 0 Å². The third kappa shape index (κ3) is 5.19. The van der Waals surface area contributed by atoms with E-state index in [2.05, 4.69) is 5.32 Å². The lowest BCUT2D eigenvalue weighted by Crippen LogP contribution is -2.49. The highest BCUT2D eigenvalue weighted by molar-refractivity contribution is 5.96. The number of benzene rings is 1. The summed E-state index contributed by atoms with van der Waals surface area (Å²) in [7, 11) is 3.95. The zero-order valence-electron chi connectivity index (χ0n) is 13.3. The number of nitrogens with one attached hydrogen (secondary N) is 1. The lowest BCUT2D eigenvalue weighted by molar-refractivity contribution is -0.142. The molecule has 0 fully saturated rings. The van der Waals surface area contributed by atoms with Crippen LogP contribution < -0.4 is 5.32 Å². The van der Waals surface area contributed by atoms with E-state index in [9.17, 15) is 14.7 Å². The van der Waals surface area contributed by atoms with E-state index in [1.165, 1.54) is 0 Å². The molecule has 0 saturated heterocycles. The molecule has 0 radical (unpaired) electrons. The highest BCUT2D eigenvalue weighted by atomic mass is 16.4. The Bertz CT molecular complexity index is 501. The molecule has 1 unspecified atom stereocenters. The fourth-order valence-corrected chi connectivity index (χ4v) is 1.99. The van der Waals surface area contributed by atoms with Crippen molar-refractivity contribution < 1.29 is 14.7 Å². The number of aliphatic carboxylic acids is 1. The average molecular weight is 292 g/mol. The number of carbonyl (C=O) groups is 2. The smallest absolute Gasteiger partial charge is 0.326 e. The second kappa shape index (κ2) is 6.72. The molecule has 0 heterocycles. The van der Waals surface area contributed by atoms with Gasteiger partial charge in [-0.15, -0.1) is 0 Å². The summed E-state index contributed by atoms with van der Waals surface area (Å²) in [5.41, 5.74) is 1.02. The molecular weight excluding hydrogens is 268 g/mol. The summed E-state index contributed by atoms with van der Waals surface area (Å²) in [6, 6.07) is 6.26. The van der Waals surface area contributed by atoms with Crippen molar-refractivity contribution in [3.05, 3.63) is 35.4 Å². The Morgan fingerprint density at radius 3 is 2.10 bits per heavy atom. The van der Waals surface area contributed by atoms with Crippen LogP contribution in [0.1, 0.15) is 36.7 Å². The zero-order chi connectivity index (χ0) is 16.2. The van der Waals surface area contributed by atoms with Gasteiger partial charge in [0, 0.05) is 12.1 Å². The first kappa shape index (κ1) is 17.2. The largest absolute Gasteiger partial charge is 0.480 e. The van der Waals surface area contributed by atoms with Gasteiger partial charge in [0.25, 0.3) is 5.91 Å². The summed E-state index contributed by atoms with van der Waals surface area (Å²) in [6.45, 7) is 6.15. The number of carboxylic acids is 1. The number of hydrogen-bond acceptors (Lipinski definition) is 3. The van der Waals surface area contributed by atoms with Crippen LogP contribution >= 0.6 is 0 Å². The average Bonchev–Trinajstić information content (AvgIpc) is 2.34. The summed E-state index contributed by atoms with van der Waals surface area (Å²) in [5.74, 6) is -1.39. The van der Waals surface area contributed by atoms with Gasteiger partial charge in [-0.1, -0.05) is 32.9 Å². The highest BCUT2D eigenvalue weighted by Crippen LogP contribution is 2.20. The van der Waals surface area contributed by atoms with Crippen LogP contribution in [0.5, 0.6) is 0 Å². The van der Waals surface area contributed by atoms with E-state index < -0.39 is 17.4 Å². The minimum atomic E-state index is -1.03. The number of nitrogens with zero attached hydrogens (tertiary/aromatic N) is 1. The van der Waals surface area contributed by atoms with Crippen molar-refractivity contribution in [1.82, 2.24) is 10.2 Å². The molecule has 0 aliphatic carbocycles.